The summed E-state index contributed by atoms with van der Waals surface area (Å²) in [6.07, 6.45) is 5.19. The van der Waals surface area contributed by atoms with Gasteiger partial charge in [0.25, 0.3) is 0 Å². The summed E-state index contributed by atoms with van der Waals surface area (Å²) in [5, 5.41) is 2.19. The number of hydrogen-bond donors (Lipinski definition) is 0. The molecule has 0 bridgehead atoms. The molecule has 6 nitrogen and oxygen atoms in total. The molecule has 1 aliphatic carbocycles. The third kappa shape index (κ3) is 5.92. The molecule has 0 atom stereocenters. The molecule has 4 aromatic heterocycles. The number of aromatic nitrogens is 5. The first-order chi connectivity index (χ1) is 35.0. The summed E-state index contributed by atoms with van der Waals surface area (Å²) in [5.41, 5.74) is 7.63. The van der Waals surface area contributed by atoms with Crippen molar-refractivity contribution in [1.82, 2.24) is 23.7 Å². The molecule has 1 aliphatic rings. The molecule has 0 radical (unpaired) electrons. The van der Waals surface area contributed by atoms with Gasteiger partial charge in [0.2, 0.25) is 0 Å². The molecular weight excluding hydrogens is 966 g/mol. The Bertz CT molecular complexity index is 4010. The van der Waals surface area contributed by atoms with Crippen LogP contribution in [0.2, 0.25) is 0 Å². The molecule has 318 valence electrons. The van der Waals surface area contributed by atoms with Gasteiger partial charge in [0.15, 0.2) is 0 Å². The van der Waals surface area contributed by atoms with Crippen LogP contribution in [0.3, 0.4) is 0 Å². The molecule has 0 fully saturated rings. The Morgan fingerprint density at radius 1 is 0.609 bits per heavy atom. The van der Waals surface area contributed by atoms with Gasteiger partial charge in [0.05, 0.1) is 0 Å². The molecule has 0 amide bonds. The SMILES string of the molecule is [2H]c1c([2H])c([2H])c(-c2cccc(-c3c([2H])c([2H])c([2H])c([2H])c3[2H])c2-n2[c](=[Pt])n(-c3cncc(Oc4ccc5c6ccc7c(c6n(-c6cc(C)ccn6)c5c4)C(C)(C)C(C)(C)C7(C)C)c3)c3ccccc32)c([2H])c1[2H]. The number of benzene rings is 6. The van der Waals surface area contributed by atoms with E-state index in [4.69, 9.17) is 23.4 Å². The number of rotatable bonds is 7. The number of ether oxygens (including phenoxy) is 1. The van der Waals surface area contributed by atoms with E-state index in [1.54, 1.807) is 30.6 Å². The molecular formula is C57H49N5OPt. The van der Waals surface area contributed by atoms with Crippen LogP contribution in [-0.4, -0.2) is 23.7 Å². The van der Waals surface area contributed by atoms with Crippen molar-refractivity contribution >= 4 is 32.8 Å². The predicted octanol–water partition coefficient (Wildman–Crippen LogP) is 14.4. The van der Waals surface area contributed by atoms with E-state index in [1.807, 2.05) is 57.8 Å². The molecule has 0 unspecified atom stereocenters. The van der Waals surface area contributed by atoms with Gasteiger partial charge in [-0.15, -0.1) is 0 Å². The fourth-order valence-corrected chi connectivity index (χ4v) is 11.0. The van der Waals surface area contributed by atoms with Gasteiger partial charge in [-0.25, -0.2) is 0 Å². The maximum absolute atomic E-state index is 9.10. The van der Waals surface area contributed by atoms with E-state index < -0.39 is 60.4 Å². The molecule has 11 rings (SSSR count). The molecule has 64 heavy (non-hydrogen) atoms. The van der Waals surface area contributed by atoms with Crippen molar-refractivity contribution < 1.29 is 37.8 Å². The van der Waals surface area contributed by atoms with Gasteiger partial charge in [-0.05, 0) is 40.4 Å². The normalized spacial score (nSPS) is 17.1. The minimum absolute atomic E-state index is 0.0766. The van der Waals surface area contributed by atoms with E-state index in [-0.39, 0.29) is 44.2 Å². The Kier molecular flexibility index (Phi) is 7.01. The topological polar surface area (TPSA) is 49.8 Å². The van der Waals surface area contributed by atoms with Crippen molar-refractivity contribution in [2.75, 3.05) is 0 Å². The monoisotopic (exact) mass is 1020 g/mol. The Hall–Kier alpha value is -6.62. The minimum atomic E-state index is -0.563. The van der Waals surface area contributed by atoms with E-state index in [0.717, 1.165) is 33.2 Å². The number of fused-ring (bicyclic) bond motifs is 6. The molecule has 0 N–H and O–H groups in total. The first-order valence-corrected chi connectivity index (χ1v) is 22.3. The average molecular weight is 1030 g/mol. The van der Waals surface area contributed by atoms with Gasteiger partial charge >= 0.3 is 306 Å². The fourth-order valence-electron chi connectivity index (χ4n) is 9.86. The summed E-state index contributed by atoms with van der Waals surface area (Å²) in [5.74, 6) is 1.81. The zero-order valence-corrected chi connectivity index (χ0v) is 38.6. The Morgan fingerprint density at radius 3 is 1.94 bits per heavy atom. The van der Waals surface area contributed by atoms with Crippen LogP contribution < -0.4 is 4.74 Å². The Balaban J connectivity index is 1.11. The van der Waals surface area contributed by atoms with Crippen molar-refractivity contribution in [3.05, 3.63) is 191 Å². The average Bonchev–Trinajstić information content (AvgIpc) is 3.94. The Morgan fingerprint density at radius 2 is 1.27 bits per heavy atom. The van der Waals surface area contributed by atoms with Crippen LogP contribution in [0.5, 0.6) is 11.5 Å². The van der Waals surface area contributed by atoms with E-state index in [0.29, 0.717) is 32.0 Å². The number of para-hydroxylation sites is 3. The summed E-state index contributed by atoms with van der Waals surface area (Å²) in [6, 6.07) is 23.8. The van der Waals surface area contributed by atoms with Crippen LogP contribution in [-0.2, 0) is 30.2 Å². The second kappa shape index (κ2) is 14.7. The summed E-state index contributed by atoms with van der Waals surface area (Å²) in [6.45, 7) is 16.2. The van der Waals surface area contributed by atoms with Crippen molar-refractivity contribution in [2.24, 2.45) is 5.41 Å². The molecule has 0 aliphatic heterocycles. The van der Waals surface area contributed by atoms with Crippen LogP contribution in [0, 0.1) is 16.1 Å². The quantitative estimate of drug-likeness (QED) is 0.160. The van der Waals surface area contributed by atoms with Crippen molar-refractivity contribution in [1.29, 1.82) is 0 Å². The molecule has 4 heterocycles. The van der Waals surface area contributed by atoms with E-state index in [2.05, 4.69) is 108 Å². The number of pyridine rings is 2. The molecule has 7 heteroatoms. The van der Waals surface area contributed by atoms with Crippen LogP contribution >= 0.6 is 0 Å². The second-order valence-electron chi connectivity index (χ2n) is 18.0. The first kappa shape index (κ1) is 30.5. The third-order valence-corrected chi connectivity index (χ3v) is 15.2. The summed E-state index contributed by atoms with van der Waals surface area (Å²) >= 11 is 2.16. The summed E-state index contributed by atoms with van der Waals surface area (Å²) in [4.78, 5) is 9.63. The van der Waals surface area contributed by atoms with Crippen molar-refractivity contribution in [2.45, 2.75) is 59.3 Å². The van der Waals surface area contributed by atoms with Gasteiger partial charge in [0.1, 0.15) is 0 Å². The van der Waals surface area contributed by atoms with Crippen LogP contribution in [0.4, 0.5) is 0 Å². The molecule has 10 aromatic rings. The van der Waals surface area contributed by atoms with E-state index in [9.17, 15) is 0 Å². The van der Waals surface area contributed by atoms with Crippen LogP contribution in [0.25, 0.3) is 72.3 Å². The van der Waals surface area contributed by atoms with Gasteiger partial charge in [-0.2, -0.15) is 0 Å². The maximum atomic E-state index is 9.10. The van der Waals surface area contributed by atoms with Gasteiger partial charge in [-0.3, -0.25) is 0 Å². The van der Waals surface area contributed by atoms with E-state index >= 15 is 0 Å². The Labute approximate surface area is 398 Å². The van der Waals surface area contributed by atoms with Gasteiger partial charge < -0.3 is 0 Å². The van der Waals surface area contributed by atoms with Crippen LogP contribution in [0.15, 0.2) is 170 Å². The zero-order chi connectivity index (χ0) is 52.8. The third-order valence-electron chi connectivity index (χ3n) is 14.2. The van der Waals surface area contributed by atoms with E-state index in [1.165, 1.54) is 11.1 Å². The number of aryl methyl sites for hydroxylation is 1. The van der Waals surface area contributed by atoms with Crippen molar-refractivity contribution in [3.8, 4) is 50.9 Å². The first-order valence-electron chi connectivity index (χ1n) is 26.2. The van der Waals surface area contributed by atoms with Gasteiger partial charge in [0, 0.05) is 6.20 Å². The number of hydrogen-bond acceptors (Lipinski definition) is 3. The fraction of sp³-hybridized carbons (Fsp3) is 0.175. The number of nitrogens with zero attached hydrogens (tertiary/aromatic N) is 5. The number of imidazole rings is 1. The zero-order valence-electron chi connectivity index (χ0n) is 46.4. The molecule has 6 aromatic carbocycles. The molecule has 0 saturated carbocycles. The van der Waals surface area contributed by atoms with Gasteiger partial charge in [-0.1, -0.05) is 47.6 Å². The predicted molar refractivity (Wildman–Crippen MR) is 258 cm³/mol. The summed E-state index contributed by atoms with van der Waals surface area (Å²) in [7, 11) is 0. The van der Waals surface area contributed by atoms with Crippen molar-refractivity contribution in [3.63, 3.8) is 0 Å². The van der Waals surface area contributed by atoms with Crippen LogP contribution in [0.1, 0.15) is 71.9 Å². The summed E-state index contributed by atoms with van der Waals surface area (Å²) < 4.78 is 101. The second-order valence-corrected chi connectivity index (χ2v) is 19.1. The standard InChI is InChI=1S/C57H49N5O.Pt/c1-37-29-30-59-51(31-37)62-50-33-41(25-26-45(50)46-27-28-47-52(54(46)62)56(4,5)57(6,7)55(47,2)3)63-42-32-40(34-58-35-42)60-36-61(49-24-15-14-23-48(49)60)53-43(38-17-10-8-11-18-38)21-16-22-44(53)39-19-12-9-13-20-39;/h8-35H,1-7H3;/i8D,9D,10D,11D,12D,13D,17D,18D,19D,20D;. The molecule has 0 spiro atoms. The molecule has 0 saturated heterocycles.